The van der Waals surface area contributed by atoms with Gasteiger partial charge in [0, 0.05) is 5.69 Å². The van der Waals surface area contributed by atoms with Gasteiger partial charge in [0.15, 0.2) is 0 Å². The molecule has 1 rings (SSSR count). The molecule has 0 aliphatic rings. The van der Waals surface area contributed by atoms with E-state index in [0.717, 1.165) is 11.3 Å². The third kappa shape index (κ3) is 4.86. The van der Waals surface area contributed by atoms with Crippen LogP contribution in [0, 0.1) is 0 Å². The molecule has 116 valence electrons. The van der Waals surface area contributed by atoms with Crippen LogP contribution in [0.25, 0.3) is 0 Å². The summed E-state index contributed by atoms with van der Waals surface area (Å²) < 4.78 is 0. The lowest BCUT2D eigenvalue weighted by Crippen LogP contribution is -2.39. The van der Waals surface area contributed by atoms with Crippen molar-refractivity contribution in [3.63, 3.8) is 0 Å². The van der Waals surface area contributed by atoms with Gasteiger partial charge < -0.3 is 16.8 Å². The summed E-state index contributed by atoms with van der Waals surface area (Å²) in [5.41, 5.74) is 13.7. The molecule has 0 bridgehead atoms. The minimum absolute atomic E-state index is 0.160. The van der Waals surface area contributed by atoms with Crippen molar-refractivity contribution < 1.29 is 9.59 Å². The van der Waals surface area contributed by atoms with Crippen LogP contribution in [0.1, 0.15) is 57.1 Å². The van der Waals surface area contributed by atoms with E-state index in [4.69, 9.17) is 11.5 Å². The molecule has 0 fully saturated rings. The Kier molecular flexibility index (Phi) is 5.90. The maximum atomic E-state index is 12.0. The van der Waals surface area contributed by atoms with Crippen molar-refractivity contribution in [2.24, 2.45) is 11.5 Å². The largest absolute Gasteiger partial charge is 0.370 e. The average molecular weight is 291 g/mol. The van der Waals surface area contributed by atoms with E-state index in [1.165, 1.54) is 5.56 Å². The highest BCUT2D eigenvalue weighted by Crippen LogP contribution is 2.28. The molecule has 2 amide bonds. The van der Waals surface area contributed by atoms with Gasteiger partial charge in [0.25, 0.3) is 0 Å². The van der Waals surface area contributed by atoms with Crippen molar-refractivity contribution in [2.45, 2.75) is 52.0 Å². The number of nitrogens with two attached hydrogens (primary N) is 2. The third-order valence-electron chi connectivity index (χ3n) is 3.38. The van der Waals surface area contributed by atoms with E-state index >= 15 is 0 Å². The molecular weight excluding hydrogens is 266 g/mol. The summed E-state index contributed by atoms with van der Waals surface area (Å²) in [6.07, 6.45) is -0.160. The summed E-state index contributed by atoms with van der Waals surface area (Å²) in [7, 11) is 0. The first-order valence-electron chi connectivity index (χ1n) is 7.21. The first-order valence-corrected chi connectivity index (χ1v) is 7.21. The quantitative estimate of drug-likeness (QED) is 0.748. The van der Waals surface area contributed by atoms with Gasteiger partial charge >= 0.3 is 0 Å². The minimum atomic E-state index is -0.924. The number of benzene rings is 1. The summed E-state index contributed by atoms with van der Waals surface area (Å²) in [5, 5.41) is 2.79. The Labute approximate surface area is 126 Å². The van der Waals surface area contributed by atoms with E-state index in [1.54, 1.807) is 0 Å². The average Bonchev–Trinajstić information content (AvgIpc) is 2.37. The van der Waals surface area contributed by atoms with Crippen molar-refractivity contribution in [2.75, 3.05) is 5.32 Å². The summed E-state index contributed by atoms with van der Waals surface area (Å²) in [6.45, 7) is 8.39. The Bertz CT molecular complexity index is 524. The van der Waals surface area contributed by atoms with E-state index in [0.29, 0.717) is 5.92 Å². The zero-order chi connectivity index (χ0) is 16.2. The van der Waals surface area contributed by atoms with Gasteiger partial charge in [0.05, 0.1) is 12.5 Å². The molecule has 21 heavy (non-hydrogen) atoms. The second-order valence-corrected chi connectivity index (χ2v) is 5.92. The zero-order valence-electron chi connectivity index (χ0n) is 13.1. The number of hydrogen-bond donors (Lipinski definition) is 3. The van der Waals surface area contributed by atoms with Crippen LogP contribution in [0.2, 0.25) is 0 Å². The fraction of sp³-hybridized carbons (Fsp3) is 0.500. The smallest absolute Gasteiger partial charge is 0.241 e. The minimum Gasteiger partial charge on any atom is -0.370 e. The van der Waals surface area contributed by atoms with E-state index in [9.17, 15) is 9.59 Å². The fourth-order valence-electron chi connectivity index (χ4n) is 2.07. The van der Waals surface area contributed by atoms with Gasteiger partial charge in [0.1, 0.15) is 0 Å². The van der Waals surface area contributed by atoms with Crippen molar-refractivity contribution in [3.05, 3.63) is 29.3 Å². The molecule has 5 heteroatoms. The lowest BCUT2D eigenvalue weighted by Gasteiger charge is -2.18. The number of carbonyl (C=O) groups excluding carboxylic acids is 2. The highest BCUT2D eigenvalue weighted by Gasteiger charge is 2.18. The Hall–Kier alpha value is -1.88. The molecular formula is C16H25N3O2. The van der Waals surface area contributed by atoms with Crippen LogP contribution in [0.5, 0.6) is 0 Å². The first kappa shape index (κ1) is 17.2. The number of rotatable bonds is 6. The molecule has 0 saturated carbocycles. The highest BCUT2D eigenvalue weighted by atomic mass is 16.2. The van der Waals surface area contributed by atoms with E-state index in [2.05, 4.69) is 39.1 Å². The number of anilines is 1. The number of hydrogen-bond acceptors (Lipinski definition) is 3. The molecule has 5 nitrogen and oxygen atoms in total. The summed E-state index contributed by atoms with van der Waals surface area (Å²) in [4.78, 5) is 22.8. The standard InChI is InChI=1S/C16H25N3O2/c1-9(2)11-5-6-14(12(7-11)10(3)4)19-16(21)13(17)8-15(18)20/h5-7,9-10,13H,8,17H2,1-4H3,(H2,18,20)(H,19,21). The van der Waals surface area contributed by atoms with Gasteiger partial charge in [0.2, 0.25) is 11.8 Å². The molecule has 0 aliphatic heterocycles. The van der Waals surface area contributed by atoms with Crippen LogP contribution in [0.4, 0.5) is 5.69 Å². The molecule has 1 atom stereocenters. The molecule has 1 unspecified atom stereocenters. The highest BCUT2D eigenvalue weighted by molar-refractivity contribution is 5.97. The molecule has 0 aliphatic carbocycles. The van der Waals surface area contributed by atoms with Crippen molar-refractivity contribution in [1.82, 2.24) is 0 Å². The van der Waals surface area contributed by atoms with Crippen molar-refractivity contribution >= 4 is 17.5 Å². The maximum absolute atomic E-state index is 12.0. The Morgan fingerprint density at radius 1 is 1.14 bits per heavy atom. The predicted molar refractivity (Wildman–Crippen MR) is 85.0 cm³/mol. The number of carbonyl (C=O) groups is 2. The van der Waals surface area contributed by atoms with Gasteiger partial charge in [-0.15, -0.1) is 0 Å². The lowest BCUT2D eigenvalue weighted by molar-refractivity contribution is -0.123. The van der Waals surface area contributed by atoms with Crippen LogP contribution in [-0.2, 0) is 9.59 Å². The SMILES string of the molecule is CC(C)c1ccc(NC(=O)C(N)CC(N)=O)c(C(C)C)c1. The molecule has 5 N–H and O–H groups in total. The van der Waals surface area contributed by atoms with E-state index in [-0.39, 0.29) is 12.3 Å². The van der Waals surface area contributed by atoms with Crippen LogP contribution in [0.3, 0.4) is 0 Å². The topological polar surface area (TPSA) is 98.2 Å². The number of nitrogens with one attached hydrogen (secondary N) is 1. The summed E-state index contributed by atoms with van der Waals surface area (Å²) in [5.74, 6) is -0.291. The molecule has 0 saturated heterocycles. The van der Waals surface area contributed by atoms with Crippen LogP contribution in [-0.4, -0.2) is 17.9 Å². The van der Waals surface area contributed by atoms with Crippen LogP contribution >= 0.6 is 0 Å². The second kappa shape index (κ2) is 7.22. The van der Waals surface area contributed by atoms with Crippen molar-refractivity contribution in [1.29, 1.82) is 0 Å². The molecule has 1 aromatic rings. The normalized spacial score (nSPS) is 12.5. The number of amides is 2. The van der Waals surface area contributed by atoms with Gasteiger partial charge in [-0.25, -0.2) is 0 Å². The molecule has 1 aromatic carbocycles. The van der Waals surface area contributed by atoms with Gasteiger partial charge in [-0.1, -0.05) is 39.8 Å². The van der Waals surface area contributed by atoms with Gasteiger partial charge in [-0.05, 0) is 29.0 Å². The molecule has 0 heterocycles. The lowest BCUT2D eigenvalue weighted by atomic mass is 9.94. The summed E-state index contributed by atoms with van der Waals surface area (Å²) in [6, 6.07) is 5.06. The monoisotopic (exact) mass is 291 g/mol. The van der Waals surface area contributed by atoms with E-state index in [1.807, 2.05) is 12.1 Å². The Balaban J connectivity index is 2.97. The summed E-state index contributed by atoms with van der Waals surface area (Å²) >= 11 is 0. The molecule has 0 spiro atoms. The zero-order valence-corrected chi connectivity index (χ0v) is 13.1. The molecule has 0 aromatic heterocycles. The third-order valence-corrected chi connectivity index (χ3v) is 3.38. The Morgan fingerprint density at radius 2 is 1.76 bits per heavy atom. The van der Waals surface area contributed by atoms with E-state index < -0.39 is 17.9 Å². The van der Waals surface area contributed by atoms with Gasteiger partial charge in [-0.2, -0.15) is 0 Å². The van der Waals surface area contributed by atoms with Crippen LogP contribution < -0.4 is 16.8 Å². The predicted octanol–water partition coefficient (Wildman–Crippen LogP) is 2.07. The molecule has 0 radical (unpaired) electrons. The number of primary amides is 1. The fourth-order valence-corrected chi connectivity index (χ4v) is 2.07. The van der Waals surface area contributed by atoms with Crippen LogP contribution in [0.15, 0.2) is 18.2 Å². The van der Waals surface area contributed by atoms with Crippen molar-refractivity contribution in [3.8, 4) is 0 Å². The first-order chi connectivity index (χ1) is 9.72. The Morgan fingerprint density at radius 3 is 2.24 bits per heavy atom. The maximum Gasteiger partial charge on any atom is 0.241 e. The second-order valence-electron chi connectivity index (χ2n) is 5.92. The van der Waals surface area contributed by atoms with Gasteiger partial charge in [-0.3, -0.25) is 9.59 Å².